The van der Waals surface area contributed by atoms with Gasteiger partial charge in [0.05, 0.1) is 18.7 Å². The van der Waals surface area contributed by atoms with Gasteiger partial charge in [-0.05, 0) is 31.5 Å². The lowest BCUT2D eigenvalue weighted by Crippen LogP contribution is -2.40. The van der Waals surface area contributed by atoms with Crippen molar-refractivity contribution in [1.82, 2.24) is 9.88 Å². The molecule has 2 N–H and O–H groups in total. The summed E-state index contributed by atoms with van der Waals surface area (Å²) >= 11 is 0. The Labute approximate surface area is 107 Å². The summed E-state index contributed by atoms with van der Waals surface area (Å²) in [6, 6.07) is 3.75. The molecule has 0 bridgehead atoms. The minimum Gasteiger partial charge on any atom is -0.495 e. The molecule has 1 aromatic heterocycles. The maximum atomic E-state index is 11.2. The van der Waals surface area contributed by atoms with Gasteiger partial charge in [-0.1, -0.05) is 0 Å². The minimum absolute atomic E-state index is 0.0338. The van der Waals surface area contributed by atoms with E-state index in [0.717, 1.165) is 37.4 Å². The molecular formula is C13H19N3O2. The second-order valence-corrected chi connectivity index (χ2v) is 4.63. The molecule has 0 aromatic carbocycles. The largest absolute Gasteiger partial charge is 0.495 e. The zero-order valence-electron chi connectivity index (χ0n) is 10.6. The van der Waals surface area contributed by atoms with E-state index in [0.29, 0.717) is 6.54 Å². The second kappa shape index (κ2) is 5.82. The molecule has 5 nitrogen and oxygen atoms in total. The van der Waals surface area contributed by atoms with Crippen LogP contribution < -0.4 is 10.5 Å². The van der Waals surface area contributed by atoms with E-state index in [4.69, 9.17) is 10.5 Å². The lowest BCUT2D eigenvalue weighted by molar-refractivity contribution is -0.123. The zero-order chi connectivity index (χ0) is 13.0. The van der Waals surface area contributed by atoms with E-state index in [9.17, 15) is 4.79 Å². The predicted octanol–water partition coefficient (Wildman–Crippen LogP) is 0.787. The van der Waals surface area contributed by atoms with Gasteiger partial charge in [0.2, 0.25) is 5.91 Å². The first-order valence-corrected chi connectivity index (χ1v) is 6.20. The van der Waals surface area contributed by atoms with Gasteiger partial charge in [0.15, 0.2) is 0 Å². The van der Waals surface area contributed by atoms with Gasteiger partial charge in [0.25, 0.3) is 0 Å². The van der Waals surface area contributed by atoms with Crippen molar-refractivity contribution in [2.45, 2.75) is 19.4 Å². The molecule has 1 saturated heterocycles. The molecule has 0 aliphatic carbocycles. The summed E-state index contributed by atoms with van der Waals surface area (Å²) in [6.07, 6.45) is 3.65. The molecule has 18 heavy (non-hydrogen) atoms. The number of hydrogen-bond acceptors (Lipinski definition) is 4. The Bertz CT molecular complexity index is 422. The fraction of sp³-hybridized carbons (Fsp3) is 0.538. The number of primary amides is 1. The van der Waals surface area contributed by atoms with Crippen molar-refractivity contribution >= 4 is 5.91 Å². The van der Waals surface area contributed by atoms with Gasteiger partial charge < -0.3 is 10.5 Å². The molecule has 5 heteroatoms. The molecule has 0 radical (unpaired) electrons. The van der Waals surface area contributed by atoms with Crippen LogP contribution in [-0.4, -0.2) is 36.0 Å². The number of nitrogens with zero attached hydrogens (tertiary/aromatic N) is 2. The number of carbonyl (C=O) groups is 1. The van der Waals surface area contributed by atoms with Crippen molar-refractivity contribution in [3.05, 3.63) is 24.0 Å². The standard InChI is InChI=1S/C13H19N3O2/c1-18-12-5-2-6-15-11(12)9-16-7-3-4-10(8-16)13(14)17/h2,5-6,10H,3-4,7-9H2,1H3,(H2,14,17)/t10-/m0/s1. The lowest BCUT2D eigenvalue weighted by atomic mass is 9.97. The fourth-order valence-corrected chi connectivity index (χ4v) is 2.37. The van der Waals surface area contributed by atoms with Gasteiger partial charge in [-0.25, -0.2) is 0 Å². The van der Waals surface area contributed by atoms with Crippen molar-refractivity contribution in [2.75, 3.05) is 20.2 Å². The highest BCUT2D eigenvalue weighted by Gasteiger charge is 2.24. The number of carbonyl (C=O) groups excluding carboxylic acids is 1. The number of pyridine rings is 1. The van der Waals surface area contributed by atoms with Crippen LogP contribution in [0.5, 0.6) is 5.75 Å². The molecule has 1 aliphatic heterocycles. The van der Waals surface area contributed by atoms with Gasteiger partial charge in [-0.3, -0.25) is 14.7 Å². The number of hydrogen-bond donors (Lipinski definition) is 1. The van der Waals surface area contributed by atoms with Crippen LogP contribution in [0.3, 0.4) is 0 Å². The SMILES string of the molecule is COc1cccnc1CN1CCC[C@H](C(N)=O)C1. The molecule has 0 spiro atoms. The third kappa shape index (κ3) is 2.98. The Morgan fingerprint density at radius 1 is 1.67 bits per heavy atom. The summed E-state index contributed by atoms with van der Waals surface area (Å²) < 4.78 is 5.28. The summed E-state index contributed by atoms with van der Waals surface area (Å²) in [5.74, 6) is 0.555. The van der Waals surface area contributed by atoms with Gasteiger partial charge in [-0.15, -0.1) is 0 Å². The highest BCUT2D eigenvalue weighted by molar-refractivity contribution is 5.76. The number of rotatable bonds is 4. The van der Waals surface area contributed by atoms with Crippen LogP contribution >= 0.6 is 0 Å². The van der Waals surface area contributed by atoms with Crippen molar-refractivity contribution in [3.63, 3.8) is 0 Å². The second-order valence-electron chi connectivity index (χ2n) is 4.63. The van der Waals surface area contributed by atoms with Gasteiger partial charge in [0.1, 0.15) is 5.75 Å². The van der Waals surface area contributed by atoms with Crippen molar-refractivity contribution in [2.24, 2.45) is 11.7 Å². The molecule has 98 valence electrons. The summed E-state index contributed by atoms with van der Waals surface area (Å²) in [4.78, 5) is 17.8. The number of likely N-dealkylation sites (tertiary alicyclic amines) is 1. The number of methoxy groups -OCH3 is 1. The molecular weight excluding hydrogens is 230 g/mol. The molecule has 0 unspecified atom stereocenters. The molecule has 2 heterocycles. The average Bonchev–Trinajstić information content (AvgIpc) is 2.39. The predicted molar refractivity (Wildman–Crippen MR) is 68.0 cm³/mol. The van der Waals surface area contributed by atoms with Crippen LogP contribution in [0.15, 0.2) is 18.3 Å². The Hall–Kier alpha value is -1.62. The molecule has 1 aromatic rings. The first kappa shape index (κ1) is 12.8. The smallest absolute Gasteiger partial charge is 0.221 e. The summed E-state index contributed by atoms with van der Waals surface area (Å²) in [6.45, 7) is 2.40. The average molecular weight is 249 g/mol. The number of aromatic nitrogens is 1. The van der Waals surface area contributed by atoms with Gasteiger partial charge >= 0.3 is 0 Å². The molecule has 1 amide bonds. The molecule has 1 aliphatic rings. The van der Waals surface area contributed by atoms with Crippen molar-refractivity contribution in [1.29, 1.82) is 0 Å². The fourth-order valence-electron chi connectivity index (χ4n) is 2.37. The highest BCUT2D eigenvalue weighted by atomic mass is 16.5. The molecule has 1 fully saturated rings. The van der Waals surface area contributed by atoms with E-state index in [-0.39, 0.29) is 11.8 Å². The van der Waals surface area contributed by atoms with E-state index >= 15 is 0 Å². The maximum Gasteiger partial charge on any atom is 0.221 e. The number of piperidine rings is 1. The number of ether oxygens (including phenoxy) is 1. The van der Waals surface area contributed by atoms with E-state index in [1.165, 1.54) is 0 Å². The normalized spacial score (nSPS) is 20.6. The van der Waals surface area contributed by atoms with Crippen LogP contribution in [0.2, 0.25) is 0 Å². The van der Waals surface area contributed by atoms with Crippen LogP contribution in [0.25, 0.3) is 0 Å². The highest BCUT2D eigenvalue weighted by Crippen LogP contribution is 2.21. The third-order valence-electron chi connectivity index (χ3n) is 3.35. The Kier molecular flexibility index (Phi) is 4.15. The van der Waals surface area contributed by atoms with E-state index in [1.807, 2.05) is 12.1 Å². The lowest BCUT2D eigenvalue weighted by Gasteiger charge is -2.31. The van der Waals surface area contributed by atoms with Crippen molar-refractivity contribution < 1.29 is 9.53 Å². The Balaban J connectivity index is 2.02. The summed E-state index contributed by atoms with van der Waals surface area (Å²) in [5.41, 5.74) is 6.28. The quantitative estimate of drug-likeness (QED) is 0.856. The first-order valence-electron chi connectivity index (χ1n) is 6.20. The van der Waals surface area contributed by atoms with Gasteiger partial charge in [0, 0.05) is 19.3 Å². The zero-order valence-corrected chi connectivity index (χ0v) is 10.6. The number of nitrogens with two attached hydrogens (primary N) is 1. The summed E-state index contributed by atoms with van der Waals surface area (Å²) in [5, 5.41) is 0. The Morgan fingerprint density at radius 2 is 2.50 bits per heavy atom. The van der Waals surface area contributed by atoms with Crippen LogP contribution in [0, 0.1) is 5.92 Å². The third-order valence-corrected chi connectivity index (χ3v) is 3.35. The Morgan fingerprint density at radius 3 is 3.22 bits per heavy atom. The topological polar surface area (TPSA) is 68.4 Å². The van der Waals surface area contributed by atoms with Gasteiger partial charge in [-0.2, -0.15) is 0 Å². The monoisotopic (exact) mass is 249 g/mol. The number of amides is 1. The summed E-state index contributed by atoms with van der Waals surface area (Å²) in [7, 11) is 1.64. The van der Waals surface area contributed by atoms with Crippen LogP contribution in [-0.2, 0) is 11.3 Å². The van der Waals surface area contributed by atoms with E-state index in [1.54, 1.807) is 13.3 Å². The first-order chi connectivity index (χ1) is 8.70. The molecule has 2 rings (SSSR count). The van der Waals surface area contributed by atoms with E-state index < -0.39 is 0 Å². The van der Waals surface area contributed by atoms with Crippen LogP contribution in [0.1, 0.15) is 18.5 Å². The van der Waals surface area contributed by atoms with Crippen molar-refractivity contribution in [3.8, 4) is 5.75 Å². The minimum atomic E-state index is -0.201. The molecule has 0 saturated carbocycles. The molecule has 1 atom stereocenters. The maximum absolute atomic E-state index is 11.2. The van der Waals surface area contributed by atoms with Crippen LogP contribution in [0.4, 0.5) is 0 Å². The van der Waals surface area contributed by atoms with E-state index in [2.05, 4.69) is 9.88 Å².